The maximum absolute atomic E-state index is 12.6. The highest BCUT2D eigenvalue weighted by atomic mass is 16.5. The van der Waals surface area contributed by atoms with Gasteiger partial charge in [0, 0.05) is 11.6 Å². The molecule has 0 aliphatic rings. The molecule has 2 atom stereocenters. The first-order valence-electron chi connectivity index (χ1n) is 8.03. The number of esters is 1. The lowest BCUT2D eigenvalue weighted by molar-refractivity contribution is -0.144. The molecule has 0 radical (unpaired) electrons. The molecule has 1 aromatic heterocycles. The number of amides is 2. The number of rotatable bonds is 7. The Bertz CT molecular complexity index is 785. The number of para-hydroxylation sites is 1. The fourth-order valence-electron chi connectivity index (χ4n) is 2.60. The van der Waals surface area contributed by atoms with Crippen LogP contribution in [0, 0.1) is 5.92 Å². The average molecular weight is 343 g/mol. The number of hydrogen-bond donors (Lipinski definition) is 2. The van der Waals surface area contributed by atoms with E-state index >= 15 is 0 Å². The number of pyridine rings is 1. The molecule has 0 saturated carbocycles. The summed E-state index contributed by atoms with van der Waals surface area (Å²) in [5.41, 5.74) is 6.28. The van der Waals surface area contributed by atoms with Crippen molar-refractivity contribution in [3.05, 3.63) is 42.1 Å². The molecule has 0 spiro atoms. The minimum absolute atomic E-state index is 0.0183. The first kappa shape index (κ1) is 18.4. The standard InChI is InChI=1S/C18H21N3O4/c1-3-25-14(22)10-11(2)15(17(19)23)21-18(24)13-8-4-6-12-7-5-9-20-16(12)13/h4-9,11,15H,3,10H2,1-2H3,(H2,19,23)(H,21,24)/t11-,15-/m1/s1. The molecule has 0 saturated heterocycles. The van der Waals surface area contributed by atoms with E-state index in [-0.39, 0.29) is 13.0 Å². The van der Waals surface area contributed by atoms with Crippen LogP contribution in [0.3, 0.4) is 0 Å². The molecular weight excluding hydrogens is 322 g/mol. The number of hydrogen-bond acceptors (Lipinski definition) is 5. The van der Waals surface area contributed by atoms with Gasteiger partial charge in [-0.3, -0.25) is 19.4 Å². The maximum atomic E-state index is 12.6. The normalized spacial score (nSPS) is 13.0. The molecule has 1 aromatic carbocycles. The fourth-order valence-corrected chi connectivity index (χ4v) is 2.60. The number of fused-ring (bicyclic) bond motifs is 1. The lowest BCUT2D eigenvalue weighted by Gasteiger charge is -2.22. The molecule has 2 amide bonds. The predicted molar refractivity (Wildman–Crippen MR) is 92.6 cm³/mol. The minimum Gasteiger partial charge on any atom is -0.466 e. The van der Waals surface area contributed by atoms with Crippen LogP contribution >= 0.6 is 0 Å². The molecule has 2 rings (SSSR count). The Morgan fingerprint density at radius 3 is 2.64 bits per heavy atom. The van der Waals surface area contributed by atoms with Crippen LogP contribution in [0.1, 0.15) is 30.6 Å². The van der Waals surface area contributed by atoms with Crippen molar-refractivity contribution < 1.29 is 19.1 Å². The molecule has 7 heteroatoms. The minimum atomic E-state index is -0.990. The van der Waals surface area contributed by atoms with Crippen LogP contribution < -0.4 is 11.1 Å². The second-order valence-electron chi connectivity index (χ2n) is 5.72. The number of nitrogens with zero attached hydrogens (tertiary/aromatic N) is 1. The first-order valence-corrected chi connectivity index (χ1v) is 8.03. The highest BCUT2D eigenvalue weighted by molar-refractivity contribution is 6.06. The fraction of sp³-hybridized carbons (Fsp3) is 0.333. The largest absolute Gasteiger partial charge is 0.466 e. The summed E-state index contributed by atoms with van der Waals surface area (Å²) < 4.78 is 4.88. The van der Waals surface area contributed by atoms with Crippen molar-refractivity contribution in [2.24, 2.45) is 11.7 Å². The molecule has 2 aromatic rings. The van der Waals surface area contributed by atoms with Gasteiger partial charge in [0.25, 0.3) is 5.91 Å². The van der Waals surface area contributed by atoms with E-state index in [2.05, 4.69) is 10.3 Å². The van der Waals surface area contributed by atoms with E-state index in [1.54, 1.807) is 38.2 Å². The maximum Gasteiger partial charge on any atom is 0.306 e. The van der Waals surface area contributed by atoms with Crippen molar-refractivity contribution in [3.63, 3.8) is 0 Å². The Kier molecular flexibility index (Phi) is 6.05. The summed E-state index contributed by atoms with van der Waals surface area (Å²) in [6.45, 7) is 3.61. The van der Waals surface area contributed by atoms with Crippen LogP contribution in [0.25, 0.3) is 10.9 Å². The summed E-state index contributed by atoms with van der Waals surface area (Å²) in [6, 6.07) is 7.83. The van der Waals surface area contributed by atoms with Crippen molar-refractivity contribution in [3.8, 4) is 0 Å². The molecule has 0 fully saturated rings. The van der Waals surface area contributed by atoms with E-state index < -0.39 is 29.7 Å². The molecule has 0 bridgehead atoms. The highest BCUT2D eigenvalue weighted by Gasteiger charge is 2.28. The van der Waals surface area contributed by atoms with E-state index in [0.29, 0.717) is 11.1 Å². The first-order chi connectivity index (χ1) is 11.9. The summed E-state index contributed by atoms with van der Waals surface area (Å²) in [5, 5.41) is 3.42. The van der Waals surface area contributed by atoms with Crippen molar-refractivity contribution in [1.82, 2.24) is 10.3 Å². The van der Waals surface area contributed by atoms with Crippen molar-refractivity contribution in [2.75, 3.05) is 6.61 Å². The SMILES string of the molecule is CCOC(=O)C[C@@H](C)[C@@H](NC(=O)c1cccc2cccnc12)C(N)=O. The van der Waals surface area contributed by atoms with Gasteiger partial charge in [-0.1, -0.05) is 25.1 Å². The van der Waals surface area contributed by atoms with E-state index in [1.165, 1.54) is 0 Å². The lowest BCUT2D eigenvalue weighted by atomic mass is 9.97. The quantitative estimate of drug-likeness (QED) is 0.738. The third kappa shape index (κ3) is 4.53. The lowest BCUT2D eigenvalue weighted by Crippen LogP contribution is -2.49. The van der Waals surface area contributed by atoms with Gasteiger partial charge in [-0.25, -0.2) is 0 Å². The average Bonchev–Trinajstić information content (AvgIpc) is 2.58. The summed E-state index contributed by atoms with van der Waals surface area (Å²) in [5.74, 6) is -2.12. The Morgan fingerprint density at radius 2 is 1.96 bits per heavy atom. The van der Waals surface area contributed by atoms with Crippen molar-refractivity contribution >= 4 is 28.7 Å². The molecule has 0 aliphatic carbocycles. The van der Waals surface area contributed by atoms with Gasteiger partial charge < -0.3 is 15.8 Å². The second-order valence-corrected chi connectivity index (χ2v) is 5.72. The van der Waals surface area contributed by atoms with E-state index in [0.717, 1.165) is 5.39 Å². The molecule has 1 heterocycles. The van der Waals surface area contributed by atoms with Gasteiger partial charge >= 0.3 is 5.97 Å². The van der Waals surface area contributed by atoms with Gasteiger partial charge in [0.2, 0.25) is 5.91 Å². The van der Waals surface area contributed by atoms with Gasteiger partial charge in [0.15, 0.2) is 0 Å². The molecule has 0 unspecified atom stereocenters. The van der Waals surface area contributed by atoms with Crippen LogP contribution in [0.5, 0.6) is 0 Å². The molecular formula is C18H21N3O4. The number of aromatic nitrogens is 1. The number of nitrogens with two attached hydrogens (primary N) is 1. The topological polar surface area (TPSA) is 111 Å². The molecule has 132 valence electrons. The number of nitrogens with one attached hydrogen (secondary N) is 1. The number of carbonyl (C=O) groups is 3. The van der Waals surface area contributed by atoms with Crippen LogP contribution in [-0.4, -0.2) is 35.4 Å². The van der Waals surface area contributed by atoms with E-state index in [4.69, 9.17) is 10.5 Å². The summed E-state index contributed by atoms with van der Waals surface area (Å²) in [6.07, 6.45) is 1.57. The Balaban J connectivity index is 2.20. The zero-order valence-electron chi connectivity index (χ0n) is 14.2. The van der Waals surface area contributed by atoms with Crippen molar-refractivity contribution in [1.29, 1.82) is 0 Å². The Hall–Kier alpha value is -2.96. The van der Waals surface area contributed by atoms with Crippen molar-refractivity contribution in [2.45, 2.75) is 26.3 Å². The van der Waals surface area contributed by atoms with Gasteiger partial charge in [-0.15, -0.1) is 0 Å². The number of primary amides is 1. The molecule has 0 aliphatic heterocycles. The second kappa shape index (κ2) is 8.23. The number of benzene rings is 1. The zero-order chi connectivity index (χ0) is 18.4. The van der Waals surface area contributed by atoms with Gasteiger partial charge in [-0.05, 0) is 25.0 Å². The van der Waals surface area contributed by atoms with Gasteiger partial charge in [-0.2, -0.15) is 0 Å². The molecule has 7 nitrogen and oxygen atoms in total. The van der Waals surface area contributed by atoms with Crippen LogP contribution in [0.2, 0.25) is 0 Å². The summed E-state index contributed by atoms with van der Waals surface area (Å²) in [7, 11) is 0. The predicted octanol–water partition coefficient (Wildman–Crippen LogP) is 1.41. The van der Waals surface area contributed by atoms with E-state index in [9.17, 15) is 14.4 Å². The van der Waals surface area contributed by atoms with Crippen LogP contribution in [0.15, 0.2) is 36.5 Å². The summed E-state index contributed by atoms with van der Waals surface area (Å²) >= 11 is 0. The third-order valence-electron chi connectivity index (χ3n) is 3.83. The number of carbonyl (C=O) groups excluding carboxylic acids is 3. The zero-order valence-corrected chi connectivity index (χ0v) is 14.2. The van der Waals surface area contributed by atoms with Crippen LogP contribution in [-0.2, 0) is 14.3 Å². The third-order valence-corrected chi connectivity index (χ3v) is 3.83. The number of ether oxygens (including phenoxy) is 1. The monoisotopic (exact) mass is 343 g/mol. The molecule has 3 N–H and O–H groups in total. The Labute approximate surface area is 145 Å². The van der Waals surface area contributed by atoms with E-state index in [1.807, 2.05) is 12.1 Å². The Morgan fingerprint density at radius 1 is 1.24 bits per heavy atom. The summed E-state index contributed by atoms with van der Waals surface area (Å²) in [4.78, 5) is 40.2. The van der Waals surface area contributed by atoms with Gasteiger partial charge in [0.1, 0.15) is 6.04 Å². The smallest absolute Gasteiger partial charge is 0.306 e. The molecule has 25 heavy (non-hydrogen) atoms. The van der Waals surface area contributed by atoms with Gasteiger partial charge in [0.05, 0.1) is 24.1 Å². The van der Waals surface area contributed by atoms with Crippen LogP contribution in [0.4, 0.5) is 0 Å². The highest BCUT2D eigenvalue weighted by Crippen LogP contribution is 2.17.